The predicted molar refractivity (Wildman–Crippen MR) is 52.3 cm³/mol. The fourth-order valence-electron chi connectivity index (χ4n) is 1.10. The molecule has 0 spiro atoms. The average molecular weight is 237 g/mol. The molecule has 0 saturated heterocycles. The van der Waals surface area contributed by atoms with Gasteiger partial charge in [0.15, 0.2) is 13.2 Å². The van der Waals surface area contributed by atoms with Crippen molar-refractivity contribution in [3.05, 3.63) is 4.91 Å². The second kappa shape index (κ2) is 7.23. The first-order valence-electron chi connectivity index (χ1n) is 4.49. The standard InChI is InChI=1S/C8H16N2O6/c1-10(13)8(15-3)16-5(4-11)6(14-2)7(9)12/h5-6,8,11H,4H2,1-3H3,(H-,9,12)/p+1. The normalized spacial score (nSPS) is 16.5. The van der Waals surface area contributed by atoms with Crippen LogP contribution in [0.2, 0.25) is 0 Å². The molecule has 0 bridgehead atoms. The van der Waals surface area contributed by atoms with E-state index in [1.165, 1.54) is 21.3 Å². The lowest BCUT2D eigenvalue weighted by Gasteiger charge is -2.22. The molecule has 0 aromatic carbocycles. The number of carbonyl (C=O) groups is 1. The Morgan fingerprint density at radius 1 is 1.44 bits per heavy atom. The summed E-state index contributed by atoms with van der Waals surface area (Å²) in [6, 6.07) is 0. The van der Waals surface area contributed by atoms with E-state index in [0.29, 0.717) is 4.76 Å². The Labute approximate surface area is 92.8 Å². The van der Waals surface area contributed by atoms with E-state index in [2.05, 4.69) is 0 Å². The van der Waals surface area contributed by atoms with Crippen LogP contribution in [0.15, 0.2) is 0 Å². The smallest absolute Gasteiger partial charge is 0.394 e. The highest BCUT2D eigenvalue weighted by atomic mass is 16.7. The van der Waals surface area contributed by atoms with Gasteiger partial charge in [-0.2, -0.15) is 0 Å². The van der Waals surface area contributed by atoms with Crippen molar-refractivity contribution in [3.63, 3.8) is 0 Å². The van der Waals surface area contributed by atoms with Crippen LogP contribution in [0.1, 0.15) is 0 Å². The number of methoxy groups -OCH3 is 2. The zero-order valence-electron chi connectivity index (χ0n) is 9.45. The van der Waals surface area contributed by atoms with Crippen LogP contribution in [-0.2, 0) is 19.0 Å². The molecule has 0 aromatic rings. The first-order chi connectivity index (χ1) is 7.47. The van der Waals surface area contributed by atoms with E-state index in [1.54, 1.807) is 0 Å². The Balaban J connectivity index is 4.59. The number of nitroso groups, excluding NO2 is 1. The van der Waals surface area contributed by atoms with Gasteiger partial charge in [-0.1, -0.05) is 0 Å². The molecule has 0 aliphatic heterocycles. The molecule has 94 valence electrons. The molecule has 8 nitrogen and oxygen atoms in total. The van der Waals surface area contributed by atoms with Crippen LogP contribution in [-0.4, -0.2) is 62.3 Å². The number of ether oxygens (including phenoxy) is 3. The van der Waals surface area contributed by atoms with Crippen LogP contribution in [0, 0.1) is 4.91 Å². The topological polar surface area (TPSA) is 111 Å². The lowest BCUT2D eigenvalue weighted by Crippen LogP contribution is -2.47. The van der Waals surface area contributed by atoms with E-state index in [9.17, 15) is 9.70 Å². The van der Waals surface area contributed by atoms with Gasteiger partial charge in [0.2, 0.25) is 5.91 Å². The van der Waals surface area contributed by atoms with Crippen LogP contribution in [0.5, 0.6) is 0 Å². The van der Waals surface area contributed by atoms with Gasteiger partial charge >= 0.3 is 6.41 Å². The summed E-state index contributed by atoms with van der Waals surface area (Å²) in [5.74, 6) is -0.801. The number of aliphatic hydroxyl groups is 1. The largest absolute Gasteiger partial charge is 0.421 e. The third-order valence-corrected chi connectivity index (χ3v) is 1.84. The Morgan fingerprint density at radius 2 is 2.00 bits per heavy atom. The Hall–Kier alpha value is -1.09. The van der Waals surface area contributed by atoms with Gasteiger partial charge in [0.25, 0.3) is 0 Å². The van der Waals surface area contributed by atoms with Crippen molar-refractivity contribution in [1.82, 2.24) is 0 Å². The Bertz CT molecular complexity index is 247. The molecular formula is C8H17N2O6+. The number of carbonyl (C=O) groups excluding carboxylic acids is 1. The maximum atomic E-state index is 10.9. The molecule has 0 aromatic heterocycles. The van der Waals surface area contributed by atoms with Crippen LogP contribution >= 0.6 is 0 Å². The highest BCUT2D eigenvalue weighted by Gasteiger charge is 2.33. The molecule has 0 rings (SSSR count). The Morgan fingerprint density at radius 3 is 2.25 bits per heavy atom. The summed E-state index contributed by atoms with van der Waals surface area (Å²) in [7, 11) is 3.67. The fourth-order valence-corrected chi connectivity index (χ4v) is 1.10. The SMILES string of the molecule is COC(C(N)=O)C(CO)OC(OC)[N+](C)=O. The first-order valence-corrected chi connectivity index (χ1v) is 4.49. The zero-order chi connectivity index (χ0) is 12.7. The van der Waals surface area contributed by atoms with E-state index in [1.807, 2.05) is 0 Å². The molecule has 3 atom stereocenters. The molecule has 3 unspecified atom stereocenters. The molecule has 0 heterocycles. The van der Waals surface area contributed by atoms with Gasteiger partial charge in [0, 0.05) is 19.1 Å². The number of rotatable bonds is 8. The van der Waals surface area contributed by atoms with Gasteiger partial charge < -0.3 is 15.6 Å². The zero-order valence-corrected chi connectivity index (χ0v) is 9.45. The molecule has 0 radical (unpaired) electrons. The molecule has 0 aliphatic rings. The highest BCUT2D eigenvalue weighted by Crippen LogP contribution is 2.07. The number of hydrogen-bond donors (Lipinski definition) is 2. The monoisotopic (exact) mass is 237 g/mol. The van der Waals surface area contributed by atoms with Crippen LogP contribution < -0.4 is 5.73 Å². The average Bonchev–Trinajstić information content (AvgIpc) is 2.22. The van der Waals surface area contributed by atoms with Crippen molar-refractivity contribution < 1.29 is 28.9 Å². The summed E-state index contributed by atoms with van der Waals surface area (Å²) < 4.78 is 14.9. The number of amides is 1. The second-order valence-corrected chi connectivity index (χ2v) is 3.00. The van der Waals surface area contributed by atoms with E-state index in [0.717, 1.165) is 0 Å². The molecule has 16 heavy (non-hydrogen) atoms. The van der Waals surface area contributed by atoms with Crippen molar-refractivity contribution in [2.75, 3.05) is 27.9 Å². The van der Waals surface area contributed by atoms with Gasteiger partial charge in [-0.05, 0) is 0 Å². The molecule has 1 amide bonds. The van der Waals surface area contributed by atoms with Gasteiger partial charge in [-0.3, -0.25) is 14.3 Å². The van der Waals surface area contributed by atoms with Gasteiger partial charge in [0.1, 0.15) is 6.10 Å². The summed E-state index contributed by atoms with van der Waals surface area (Å²) in [4.78, 5) is 21.9. The fraction of sp³-hybridized carbons (Fsp3) is 0.875. The van der Waals surface area contributed by atoms with E-state index < -0.39 is 31.1 Å². The lowest BCUT2D eigenvalue weighted by atomic mass is 10.2. The van der Waals surface area contributed by atoms with Crippen molar-refractivity contribution in [2.24, 2.45) is 5.73 Å². The summed E-state index contributed by atoms with van der Waals surface area (Å²) in [5.41, 5.74) is 5.03. The maximum Gasteiger partial charge on any atom is 0.421 e. The van der Waals surface area contributed by atoms with Crippen molar-refractivity contribution >= 4 is 5.91 Å². The first kappa shape index (κ1) is 14.9. The summed E-state index contributed by atoms with van der Waals surface area (Å²) in [6.45, 7) is -0.533. The number of hydrogen-bond acceptors (Lipinski definition) is 6. The van der Waals surface area contributed by atoms with Crippen molar-refractivity contribution in [1.29, 1.82) is 0 Å². The minimum absolute atomic E-state index is 0.385. The third-order valence-electron chi connectivity index (χ3n) is 1.84. The van der Waals surface area contributed by atoms with Crippen LogP contribution in [0.4, 0.5) is 0 Å². The number of aliphatic hydroxyl groups excluding tert-OH is 1. The van der Waals surface area contributed by atoms with Gasteiger partial charge in [-0.25, -0.2) is 0 Å². The number of primary amides is 1. The number of nitrogens with two attached hydrogens (primary N) is 1. The summed E-state index contributed by atoms with van der Waals surface area (Å²) in [6.07, 6.45) is -3.46. The minimum atomic E-state index is -1.24. The maximum absolute atomic E-state index is 10.9. The highest BCUT2D eigenvalue weighted by molar-refractivity contribution is 5.79. The lowest BCUT2D eigenvalue weighted by molar-refractivity contribution is -0.662. The van der Waals surface area contributed by atoms with Gasteiger partial charge in [-0.15, -0.1) is 0 Å². The minimum Gasteiger partial charge on any atom is -0.394 e. The predicted octanol–water partition coefficient (Wildman–Crippen LogP) is -1.80. The molecular weight excluding hydrogens is 220 g/mol. The second-order valence-electron chi connectivity index (χ2n) is 3.00. The van der Waals surface area contributed by atoms with Crippen molar-refractivity contribution in [2.45, 2.75) is 18.6 Å². The van der Waals surface area contributed by atoms with Crippen LogP contribution in [0.25, 0.3) is 0 Å². The van der Waals surface area contributed by atoms with Gasteiger partial charge in [0.05, 0.1) is 11.4 Å². The quantitative estimate of drug-likeness (QED) is 0.380. The van der Waals surface area contributed by atoms with E-state index in [4.69, 9.17) is 25.1 Å². The molecule has 0 fully saturated rings. The van der Waals surface area contributed by atoms with Crippen LogP contribution in [0.3, 0.4) is 0 Å². The van der Waals surface area contributed by atoms with E-state index >= 15 is 0 Å². The third kappa shape index (κ3) is 4.19. The molecule has 3 N–H and O–H groups in total. The summed E-state index contributed by atoms with van der Waals surface area (Å²) in [5, 5.41) is 9.01. The number of nitrogens with zero attached hydrogens (tertiary/aromatic N) is 1. The molecule has 0 aliphatic carbocycles. The van der Waals surface area contributed by atoms with E-state index in [-0.39, 0.29) is 0 Å². The van der Waals surface area contributed by atoms with Crippen molar-refractivity contribution in [3.8, 4) is 0 Å². The molecule has 8 heteroatoms. The molecule has 0 saturated carbocycles. The summed E-state index contributed by atoms with van der Waals surface area (Å²) >= 11 is 0. The Kier molecular flexibility index (Phi) is 6.74.